The number of amides is 1. The Labute approximate surface area is 187 Å². The molecule has 166 valence electrons. The molecular weight excluding hydrogens is 429 g/mol. The van der Waals surface area contributed by atoms with E-state index in [0.29, 0.717) is 41.2 Å². The second kappa shape index (κ2) is 8.66. The van der Waals surface area contributed by atoms with Gasteiger partial charge in [0.1, 0.15) is 18.8 Å². The van der Waals surface area contributed by atoms with Crippen molar-refractivity contribution < 1.29 is 32.6 Å². The molecule has 5 rings (SSSR count). The Morgan fingerprint density at radius 1 is 0.939 bits per heavy atom. The van der Waals surface area contributed by atoms with Gasteiger partial charge in [0.05, 0.1) is 5.69 Å². The Kier molecular flexibility index (Phi) is 5.40. The topological polar surface area (TPSA) is 87.0 Å². The monoisotopic (exact) mass is 447 g/mol. The summed E-state index contributed by atoms with van der Waals surface area (Å²) in [4.78, 5) is 25.9. The third-order valence-corrected chi connectivity index (χ3v) is 5.07. The molecule has 3 aromatic carbocycles. The van der Waals surface area contributed by atoms with Crippen LogP contribution in [0.25, 0.3) is 11.0 Å². The Morgan fingerprint density at radius 2 is 1.70 bits per heavy atom. The second-order valence-electron chi connectivity index (χ2n) is 7.26. The number of carbonyl (C=O) groups is 2. The van der Waals surface area contributed by atoms with E-state index in [0.717, 1.165) is 0 Å². The molecule has 0 atom stereocenters. The van der Waals surface area contributed by atoms with Crippen molar-refractivity contribution in [1.82, 2.24) is 0 Å². The van der Waals surface area contributed by atoms with E-state index in [1.807, 2.05) is 0 Å². The van der Waals surface area contributed by atoms with Crippen molar-refractivity contribution in [3.8, 4) is 17.2 Å². The summed E-state index contributed by atoms with van der Waals surface area (Å²) in [5.41, 5.74) is 0.966. The Morgan fingerprint density at radius 3 is 2.55 bits per heavy atom. The number of hydrogen-bond donors (Lipinski definition) is 1. The van der Waals surface area contributed by atoms with Crippen LogP contribution in [0.15, 0.2) is 71.1 Å². The van der Waals surface area contributed by atoms with Gasteiger partial charge in [0.2, 0.25) is 5.78 Å². The minimum Gasteiger partial charge on any atom is -0.486 e. The van der Waals surface area contributed by atoms with Crippen LogP contribution in [0.1, 0.15) is 16.1 Å². The van der Waals surface area contributed by atoms with E-state index in [-0.39, 0.29) is 17.2 Å². The van der Waals surface area contributed by atoms with Gasteiger partial charge < -0.3 is 23.9 Å². The minimum absolute atomic E-state index is 0.0351. The molecule has 0 saturated heterocycles. The van der Waals surface area contributed by atoms with Gasteiger partial charge in [0.25, 0.3) is 5.91 Å². The first-order chi connectivity index (χ1) is 16.1. The zero-order valence-electron chi connectivity index (χ0n) is 17.3. The van der Waals surface area contributed by atoms with Crippen molar-refractivity contribution in [3.05, 3.63) is 83.9 Å². The number of halogens is 1. The highest BCUT2D eigenvalue weighted by Gasteiger charge is 2.25. The number of furan rings is 1. The zero-order valence-corrected chi connectivity index (χ0v) is 17.3. The lowest BCUT2D eigenvalue weighted by Gasteiger charge is -2.18. The van der Waals surface area contributed by atoms with Crippen LogP contribution >= 0.6 is 0 Å². The van der Waals surface area contributed by atoms with Gasteiger partial charge in [-0.25, -0.2) is 4.39 Å². The second-order valence-corrected chi connectivity index (χ2v) is 7.26. The molecule has 0 fully saturated rings. The van der Waals surface area contributed by atoms with Gasteiger partial charge in [-0.15, -0.1) is 0 Å². The lowest BCUT2D eigenvalue weighted by Crippen LogP contribution is -2.21. The predicted molar refractivity (Wildman–Crippen MR) is 118 cm³/mol. The maximum atomic E-state index is 13.8. The van der Waals surface area contributed by atoms with Gasteiger partial charge in [-0.1, -0.05) is 24.3 Å². The normalized spacial score (nSPS) is 12.4. The average Bonchev–Trinajstić information content (AvgIpc) is 3.21. The molecule has 0 radical (unpaired) electrons. The number of hydrogen-bond acceptors (Lipinski definition) is 6. The summed E-state index contributed by atoms with van der Waals surface area (Å²) in [5.74, 6) is -0.638. The number of anilines is 1. The van der Waals surface area contributed by atoms with Crippen molar-refractivity contribution >= 4 is 28.3 Å². The van der Waals surface area contributed by atoms with Crippen molar-refractivity contribution in [2.45, 2.75) is 0 Å². The number of para-hydroxylation sites is 2. The maximum absolute atomic E-state index is 13.8. The molecule has 1 aromatic heterocycles. The molecule has 1 N–H and O–H groups in total. The minimum atomic E-state index is -0.575. The molecule has 0 spiro atoms. The standard InChI is InChI=1S/C25H18FNO6/c26-17-6-2-4-8-19(17)32-14-22(28)27-23-16-5-1-3-7-18(16)33-25(23)24(29)15-9-10-20-21(13-15)31-12-11-30-20/h1-10,13H,11-12,14H2,(H,27,28). The summed E-state index contributed by atoms with van der Waals surface area (Å²) < 4.78 is 35.9. The Balaban J connectivity index is 1.43. The highest BCUT2D eigenvalue weighted by atomic mass is 19.1. The molecule has 1 aliphatic rings. The van der Waals surface area contributed by atoms with Crippen LogP contribution < -0.4 is 19.5 Å². The molecule has 2 heterocycles. The lowest BCUT2D eigenvalue weighted by molar-refractivity contribution is -0.118. The van der Waals surface area contributed by atoms with Crippen LogP contribution in [0.3, 0.4) is 0 Å². The summed E-state index contributed by atoms with van der Waals surface area (Å²) in [7, 11) is 0. The smallest absolute Gasteiger partial charge is 0.262 e. The number of rotatable bonds is 6. The summed E-state index contributed by atoms with van der Waals surface area (Å²) in [6.45, 7) is 0.381. The molecule has 8 heteroatoms. The molecule has 0 aliphatic carbocycles. The molecular formula is C25H18FNO6. The lowest BCUT2D eigenvalue weighted by atomic mass is 10.1. The molecule has 33 heavy (non-hydrogen) atoms. The Bertz CT molecular complexity index is 1360. The number of fused-ring (bicyclic) bond motifs is 2. The Hall–Kier alpha value is -4.33. The van der Waals surface area contributed by atoms with Crippen LogP contribution in [0.4, 0.5) is 10.1 Å². The molecule has 4 aromatic rings. The fourth-order valence-electron chi connectivity index (χ4n) is 3.53. The van der Waals surface area contributed by atoms with Crippen molar-refractivity contribution in [2.24, 2.45) is 0 Å². The summed E-state index contributed by atoms with van der Waals surface area (Å²) in [6, 6.07) is 17.6. The van der Waals surface area contributed by atoms with Crippen molar-refractivity contribution in [1.29, 1.82) is 0 Å². The van der Waals surface area contributed by atoms with E-state index >= 15 is 0 Å². The number of ether oxygens (including phenoxy) is 3. The first kappa shape index (κ1) is 20.6. The largest absolute Gasteiger partial charge is 0.486 e. The molecule has 1 aliphatic heterocycles. The number of benzene rings is 3. The van der Waals surface area contributed by atoms with Crippen LogP contribution in [0.2, 0.25) is 0 Å². The predicted octanol–water partition coefficient (Wildman–Crippen LogP) is 4.59. The van der Waals surface area contributed by atoms with Gasteiger partial charge >= 0.3 is 0 Å². The highest BCUT2D eigenvalue weighted by Crippen LogP contribution is 2.35. The highest BCUT2D eigenvalue weighted by molar-refractivity contribution is 6.17. The van der Waals surface area contributed by atoms with Crippen LogP contribution in [0.5, 0.6) is 17.2 Å². The van der Waals surface area contributed by atoms with Gasteiger partial charge in [-0.2, -0.15) is 0 Å². The SMILES string of the molecule is O=C(COc1ccccc1F)Nc1c(C(=O)c2ccc3c(c2)OCCO3)oc2ccccc12. The first-order valence-corrected chi connectivity index (χ1v) is 10.2. The summed E-state index contributed by atoms with van der Waals surface area (Å²) >= 11 is 0. The van der Waals surface area contributed by atoms with E-state index in [2.05, 4.69) is 5.32 Å². The van der Waals surface area contributed by atoms with E-state index in [1.165, 1.54) is 18.2 Å². The molecule has 7 nitrogen and oxygen atoms in total. The van der Waals surface area contributed by atoms with Gasteiger partial charge in [-0.05, 0) is 42.5 Å². The number of ketones is 1. The van der Waals surface area contributed by atoms with Crippen molar-refractivity contribution in [2.75, 3.05) is 25.1 Å². The van der Waals surface area contributed by atoms with Crippen LogP contribution in [-0.4, -0.2) is 31.5 Å². The molecule has 0 bridgehead atoms. The van der Waals surface area contributed by atoms with Gasteiger partial charge in [-0.3, -0.25) is 9.59 Å². The third kappa shape index (κ3) is 4.10. The van der Waals surface area contributed by atoms with Crippen LogP contribution in [-0.2, 0) is 4.79 Å². The fraction of sp³-hybridized carbons (Fsp3) is 0.120. The quantitative estimate of drug-likeness (QED) is 0.435. The fourth-order valence-corrected chi connectivity index (χ4v) is 3.53. The van der Waals surface area contributed by atoms with Gasteiger partial charge in [0, 0.05) is 10.9 Å². The number of nitrogens with one attached hydrogen (secondary N) is 1. The van der Waals surface area contributed by atoms with Gasteiger partial charge in [0.15, 0.2) is 35.4 Å². The molecule has 0 saturated carbocycles. The van der Waals surface area contributed by atoms with Crippen molar-refractivity contribution in [3.63, 3.8) is 0 Å². The van der Waals surface area contributed by atoms with E-state index in [9.17, 15) is 14.0 Å². The average molecular weight is 447 g/mol. The maximum Gasteiger partial charge on any atom is 0.262 e. The van der Waals surface area contributed by atoms with E-state index in [1.54, 1.807) is 48.5 Å². The van der Waals surface area contributed by atoms with E-state index in [4.69, 9.17) is 18.6 Å². The molecule has 1 amide bonds. The summed E-state index contributed by atoms with van der Waals surface area (Å²) in [6.07, 6.45) is 0. The third-order valence-electron chi connectivity index (χ3n) is 5.07. The van der Waals surface area contributed by atoms with E-state index < -0.39 is 24.1 Å². The number of carbonyl (C=O) groups excluding carboxylic acids is 2. The van der Waals surface area contributed by atoms with Crippen LogP contribution in [0, 0.1) is 5.82 Å². The zero-order chi connectivity index (χ0) is 22.8. The first-order valence-electron chi connectivity index (χ1n) is 10.2. The summed E-state index contributed by atoms with van der Waals surface area (Å²) in [5, 5.41) is 3.23. The molecule has 0 unspecified atom stereocenters.